The van der Waals surface area contributed by atoms with Crippen molar-refractivity contribution in [2.24, 2.45) is 0 Å². The molecule has 0 bridgehead atoms. The standard InChI is InChI=1S/C24H22N4O5/c29-21(27-11-12-28-22(27)19(13-26-28)23(30)31)9-10-25-24(32)33-14-20-17-7-3-1-5-15(17)16-6-2-4-8-18(16)20/h1-8,13,20H,9-12,14H2,(H,25,32)(H,30,31). The van der Waals surface area contributed by atoms with Crippen LogP contribution in [0.2, 0.25) is 0 Å². The van der Waals surface area contributed by atoms with Gasteiger partial charge in [-0.1, -0.05) is 48.5 Å². The first kappa shape index (κ1) is 20.7. The van der Waals surface area contributed by atoms with Crippen molar-refractivity contribution < 1.29 is 24.2 Å². The first-order valence-corrected chi connectivity index (χ1v) is 10.7. The Bertz CT molecular complexity index is 1210. The van der Waals surface area contributed by atoms with Crippen molar-refractivity contribution in [3.05, 3.63) is 71.4 Å². The minimum Gasteiger partial charge on any atom is -0.477 e. The fourth-order valence-corrected chi connectivity index (χ4v) is 4.58. The molecule has 5 rings (SSSR count). The molecule has 0 saturated carbocycles. The molecule has 1 aliphatic heterocycles. The van der Waals surface area contributed by atoms with Gasteiger partial charge < -0.3 is 15.2 Å². The highest BCUT2D eigenvalue weighted by Crippen LogP contribution is 2.44. The molecule has 9 nitrogen and oxygen atoms in total. The monoisotopic (exact) mass is 446 g/mol. The molecule has 0 atom stereocenters. The van der Waals surface area contributed by atoms with Crippen LogP contribution in [-0.4, -0.2) is 52.6 Å². The number of aromatic nitrogens is 2. The number of hydrogen-bond acceptors (Lipinski definition) is 5. The first-order valence-electron chi connectivity index (χ1n) is 10.7. The van der Waals surface area contributed by atoms with Crippen molar-refractivity contribution in [1.29, 1.82) is 0 Å². The number of nitrogens with zero attached hydrogens (tertiary/aromatic N) is 3. The zero-order valence-corrected chi connectivity index (χ0v) is 17.7. The molecule has 0 fully saturated rings. The number of anilines is 1. The summed E-state index contributed by atoms with van der Waals surface area (Å²) in [7, 11) is 0. The molecule has 9 heteroatoms. The van der Waals surface area contributed by atoms with Crippen molar-refractivity contribution in [2.45, 2.75) is 18.9 Å². The Morgan fingerprint density at radius 3 is 2.36 bits per heavy atom. The van der Waals surface area contributed by atoms with Gasteiger partial charge in [0.1, 0.15) is 18.0 Å². The molecule has 33 heavy (non-hydrogen) atoms. The second-order valence-corrected chi connectivity index (χ2v) is 7.96. The van der Waals surface area contributed by atoms with E-state index in [9.17, 15) is 19.5 Å². The number of hydrogen-bond donors (Lipinski definition) is 2. The van der Waals surface area contributed by atoms with Crippen molar-refractivity contribution in [3.8, 4) is 11.1 Å². The predicted molar refractivity (Wildman–Crippen MR) is 119 cm³/mol. The van der Waals surface area contributed by atoms with Crippen LogP contribution in [0.25, 0.3) is 11.1 Å². The number of alkyl carbamates (subject to hydrolysis) is 1. The number of carbonyl (C=O) groups is 3. The van der Waals surface area contributed by atoms with E-state index in [4.69, 9.17) is 4.74 Å². The van der Waals surface area contributed by atoms with Crippen LogP contribution >= 0.6 is 0 Å². The third-order valence-electron chi connectivity index (χ3n) is 6.09. The second kappa shape index (κ2) is 8.42. The number of amides is 2. The number of nitrogens with one attached hydrogen (secondary N) is 1. The lowest BCUT2D eigenvalue weighted by Gasteiger charge is -2.17. The predicted octanol–water partition coefficient (Wildman–Crippen LogP) is 2.86. The maximum absolute atomic E-state index is 12.6. The molecule has 2 N–H and O–H groups in total. The number of carboxylic acid groups (broad SMARTS) is 1. The van der Waals surface area contributed by atoms with Gasteiger partial charge in [-0.25, -0.2) is 14.3 Å². The molecule has 3 aromatic rings. The van der Waals surface area contributed by atoms with Gasteiger partial charge in [-0.05, 0) is 22.3 Å². The molecule has 0 radical (unpaired) electrons. The number of carboxylic acids is 1. The summed E-state index contributed by atoms with van der Waals surface area (Å²) in [5, 5.41) is 15.9. The van der Waals surface area contributed by atoms with Crippen LogP contribution in [0.3, 0.4) is 0 Å². The van der Waals surface area contributed by atoms with E-state index in [-0.39, 0.29) is 42.8 Å². The molecule has 2 heterocycles. The molecular weight excluding hydrogens is 424 g/mol. The van der Waals surface area contributed by atoms with Crippen molar-refractivity contribution in [3.63, 3.8) is 0 Å². The molecule has 2 aliphatic rings. The van der Waals surface area contributed by atoms with Gasteiger partial charge in [0.15, 0.2) is 0 Å². The Kier molecular flexibility index (Phi) is 5.29. The Morgan fingerprint density at radius 2 is 1.70 bits per heavy atom. The summed E-state index contributed by atoms with van der Waals surface area (Å²) in [6.07, 6.45) is 0.669. The molecule has 168 valence electrons. The van der Waals surface area contributed by atoms with Gasteiger partial charge >= 0.3 is 12.1 Å². The third-order valence-corrected chi connectivity index (χ3v) is 6.09. The lowest BCUT2D eigenvalue weighted by Crippen LogP contribution is -2.34. The number of aromatic carboxylic acids is 1. The number of rotatable bonds is 6. The molecular formula is C24H22N4O5. The highest BCUT2D eigenvalue weighted by Gasteiger charge is 2.31. The first-order chi connectivity index (χ1) is 16.0. The highest BCUT2D eigenvalue weighted by molar-refractivity contribution is 6.01. The van der Waals surface area contributed by atoms with Gasteiger partial charge in [0.25, 0.3) is 0 Å². The van der Waals surface area contributed by atoms with Crippen LogP contribution in [-0.2, 0) is 16.1 Å². The largest absolute Gasteiger partial charge is 0.477 e. The van der Waals surface area contributed by atoms with Gasteiger partial charge in [-0.2, -0.15) is 5.10 Å². The summed E-state index contributed by atoms with van der Waals surface area (Å²) >= 11 is 0. The lowest BCUT2D eigenvalue weighted by molar-refractivity contribution is -0.118. The number of carbonyl (C=O) groups excluding carboxylic acids is 2. The summed E-state index contributed by atoms with van der Waals surface area (Å²) in [6.45, 7) is 1.07. The summed E-state index contributed by atoms with van der Waals surface area (Å²) in [6, 6.07) is 16.2. The molecule has 0 saturated heterocycles. The average molecular weight is 446 g/mol. The minimum absolute atomic E-state index is 0.00894. The van der Waals surface area contributed by atoms with Crippen LogP contribution < -0.4 is 10.2 Å². The van der Waals surface area contributed by atoms with Gasteiger partial charge in [-0.3, -0.25) is 9.69 Å². The molecule has 2 amide bonds. The molecule has 2 aromatic carbocycles. The van der Waals surface area contributed by atoms with Gasteiger partial charge in [0.05, 0.1) is 12.7 Å². The molecule has 0 unspecified atom stereocenters. The highest BCUT2D eigenvalue weighted by atomic mass is 16.5. The van der Waals surface area contributed by atoms with Crippen LogP contribution in [0.4, 0.5) is 10.6 Å². The number of ether oxygens (including phenoxy) is 1. The van der Waals surface area contributed by atoms with Gasteiger partial charge in [0, 0.05) is 25.4 Å². The molecule has 1 aliphatic carbocycles. The Balaban J connectivity index is 1.15. The summed E-state index contributed by atoms with van der Waals surface area (Å²) < 4.78 is 6.97. The summed E-state index contributed by atoms with van der Waals surface area (Å²) in [5.41, 5.74) is 4.55. The average Bonchev–Trinajstić information content (AvgIpc) is 3.50. The zero-order valence-electron chi connectivity index (χ0n) is 17.7. The van der Waals surface area contributed by atoms with Crippen LogP contribution in [0, 0.1) is 0 Å². The minimum atomic E-state index is -1.13. The van der Waals surface area contributed by atoms with Crippen molar-refractivity contribution >= 4 is 23.8 Å². The van der Waals surface area contributed by atoms with Crippen molar-refractivity contribution in [1.82, 2.24) is 15.1 Å². The van der Waals surface area contributed by atoms with Crippen LogP contribution in [0.5, 0.6) is 0 Å². The maximum Gasteiger partial charge on any atom is 0.407 e. The molecule has 1 aromatic heterocycles. The van der Waals surface area contributed by atoms with Crippen molar-refractivity contribution in [2.75, 3.05) is 24.6 Å². The van der Waals surface area contributed by atoms with Gasteiger partial charge in [-0.15, -0.1) is 0 Å². The Labute approximate surface area is 189 Å². The third kappa shape index (κ3) is 3.71. The topological polar surface area (TPSA) is 114 Å². The van der Waals surface area contributed by atoms with E-state index in [0.29, 0.717) is 13.1 Å². The number of benzene rings is 2. The van der Waals surface area contributed by atoms with Gasteiger partial charge in [0.2, 0.25) is 5.91 Å². The van der Waals surface area contributed by atoms with E-state index in [1.165, 1.54) is 15.8 Å². The van der Waals surface area contributed by atoms with Crippen LogP contribution in [0.15, 0.2) is 54.7 Å². The SMILES string of the molecule is O=C(NCCC(=O)N1CCn2ncc(C(=O)O)c21)OCC1c2ccccc2-c2ccccc21. The van der Waals surface area contributed by atoms with E-state index in [1.807, 2.05) is 36.4 Å². The fourth-order valence-electron chi connectivity index (χ4n) is 4.58. The van der Waals surface area contributed by atoms with E-state index >= 15 is 0 Å². The lowest BCUT2D eigenvalue weighted by atomic mass is 9.98. The second-order valence-electron chi connectivity index (χ2n) is 7.96. The van der Waals surface area contributed by atoms with E-state index in [1.54, 1.807) is 0 Å². The summed E-state index contributed by atoms with van der Waals surface area (Å²) in [4.78, 5) is 37.6. The zero-order chi connectivity index (χ0) is 22.9. The van der Waals surface area contributed by atoms with E-state index in [0.717, 1.165) is 22.3 Å². The Hall–Kier alpha value is -4.14. The van der Waals surface area contributed by atoms with Crippen LogP contribution in [0.1, 0.15) is 33.8 Å². The Morgan fingerprint density at radius 1 is 1.03 bits per heavy atom. The molecule has 0 spiro atoms. The summed E-state index contributed by atoms with van der Waals surface area (Å²) in [5.74, 6) is -1.17. The fraction of sp³-hybridized carbons (Fsp3) is 0.250. The quantitative estimate of drug-likeness (QED) is 0.602. The van der Waals surface area contributed by atoms with E-state index < -0.39 is 12.1 Å². The van der Waals surface area contributed by atoms with E-state index in [2.05, 4.69) is 22.5 Å². The smallest absolute Gasteiger partial charge is 0.407 e. The number of fused-ring (bicyclic) bond motifs is 4. The normalized spacial score (nSPS) is 13.9. The maximum atomic E-state index is 12.6.